The summed E-state index contributed by atoms with van der Waals surface area (Å²) in [7, 11) is 6.90. The second-order valence-electron chi connectivity index (χ2n) is 17.8. The van der Waals surface area contributed by atoms with Crippen LogP contribution >= 0.6 is 0 Å². The molecule has 3 fully saturated rings. The molecule has 3 aliphatic heterocycles. The van der Waals surface area contributed by atoms with E-state index >= 15 is 0 Å². The number of nitrogens with zero attached hydrogens (tertiary/aromatic N) is 3. The normalized spacial score (nSPS) is 47.0. The number of likely N-dealkylation sites (N-methyl/N-ethyl adjacent to an activating group) is 1. The van der Waals surface area contributed by atoms with Crippen LogP contribution in [0.2, 0.25) is 0 Å². The van der Waals surface area contributed by atoms with Gasteiger partial charge in [0, 0.05) is 49.9 Å². The molecule has 15 heteroatoms. The fraction of sp³-hybridized carbons (Fsp3) is 0.927. The molecule has 0 bridgehead atoms. The molecule has 0 aliphatic carbocycles. The molecule has 326 valence electrons. The third kappa shape index (κ3) is 10.8. The summed E-state index contributed by atoms with van der Waals surface area (Å²) in [6, 6.07) is -0.267. The lowest BCUT2D eigenvalue weighted by Crippen LogP contribution is -2.61. The predicted molar refractivity (Wildman–Crippen MR) is 212 cm³/mol. The maximum Gasteiger partial charge on any atom is 0.311 e. The van der Waals surface area contributed by atoms with Crippen LogP contribution in [0.3, 0.4) is 0 Å². The molecule has 0 aromatic carbocycles. The van der Waals surface area contributed by atoms with Crippen molar-refractivity contribution in [2.75, 3.05) is 28.3 Å². The van der Waals surface area contributed by atoms with Gasteiger partial charge in [0.05, 0.1) is 47.6 Å². The summed E-state index contributed by atoms with van der Waals surface area (Å²) in [5.41, 5.74) is -2.88. The van der Waals surface area contributed by atoms with Gasteiger partial charge in [0.1, 0.15) is 23.9 Å². The number of hydrogen-bond acceptors (Lipinski definition) is 15. The molecule has 56 heavy (non-hydrogen) atoms. The summed E-state index contributed by atoms with van der Waals surface area (Å²) in [6.07, 6.45) is -8.10. The van der Waals surface area contributed by atoms with Gasteiger partial charge in [-0.15, -0.1) is 0 Å². The van der Waals surface area contributed by atoms with Crippen molar-refractivity contribution in [1.82, 2.24) is 4.90 Å². The molecule has 3 heterocycles. The second kappa shape index (κ2) is 19.6. The fourth-order valence-corrected chi connectivity index (χ4v) is 8.94. The lowest BCUT2D eigenvalue weighted by molar-refractivity contribution is -0.319. The Morgan fingerprint density at radius 2 is 1.50 bits per heavy atom. The molecule has 3 rings (SSSR count). The number of methoxy groups -OCH3 is 2. The van der Waals surface area contributed by atoms with Gasteiger partial charge in [0.15, 0.2) is 12.6 Å². The van der Waals surface area contributed by atoms with Crippen molar-refractivity contribution in [2.45, 2.75) is 193 Å². The van der Waals surface area contributed by atoms with E-state index in [0.717, 1.165) is 0 Å². The quantitative estimate of drug-likeness (QED) is 0.150. The molecule has 18 unspecified atom stereocenters. The number of hydrogen-bond donors (Lipinski definition) is 4. The van der Waals surface area contributed by atoms with Gasteiger partial charge in [-0.1, -0.05) is 27.7 Å². The van der Waals surface area contributed by atoms with Gasteiger partial charge in [-0.05, 0) is 94.7 Å². The molecule has 3 aliphatic rings. The number of rotatable bonds is 9. The average molecular weight is 802 g/mol. The minimum Gasteiger partial charge on any atom is -0.459 e. The van der Waals surface area contributed by atoms with E-state index in [1.807, 2.05) is 60.5 Å². The van der Waals surface area contributed by atoms with Crippen LogP contribution in [0, 0.1) is 23.7 Å². The van der Waals surface area contributed by atoms with Gasteiger partial charge in [0.2, 0.25) is 0 Å². The van der Waals surface area contributed by atoms with Crippen LogP contribution in [-0.4, -0.2) is 155 Å². The molecule has 0 spiro atoms. The third-order valence-corrected chi connectivity index (χ3v) is 12.7. The summed E-state index contributed by atoms with van der Waals surface area (Å²) in [5.74, 6) is -3.47. The molecule has 0 aromatic heterocycles. The highest BCUT2D eigenvalue weighted by atomic mass is 16.7. The molecule has 0 aromatic rings. The first-order valence-corrected chi connectivity index (χ1v) is 20.3. The van der Waals surface area contributed by atoms with Crippen molar-refractivity contribution in [3.05, 3.63) is 0 Å². The molecule has 0 saturated carbocycles. The van der Waals surface area contributed by atoms with Crippen LogP contribution in [0.25, 0.3) is 0 Å². The topological polar surface area (TPSA) is 191 Å². The van der Waals surface area contributed by atoms with Gasteiger partial charge in [-0.2, -0.15) is 10.2 Å². The zero-order chi connectivity index (χ0) is 42.7. The smallest absolute Gasteiger partial charge is 0.311 e. The number of cyclic esters (lactones) is 1. The maximum atomic E-state index is 14.4. The molecule has 4 N–H and O–H groups in total. The number of aliphatic hydroxyl groups excluding tert-OH is 3. The van der Waals surface area contributed by atoms with Crippen molar-refractivity contribution in [3.8, 4) is 0 Å². The maximum absolute atomic E-state index is 14.4. The van der Waals surface area contributed by atoms with Crippen molar-refractivity contribution in [2.24, 2.45) is 33.9 Å². The minimum atomic E-state index is -1.89. The van der Waals surface area contributed by atoms with Crippen molar-refractivity contribution in [3.63, 3.8) is 0 Å². The van der Waals surface area contributed by atoms with E-state index in [4.69, 9.17) is 33.2 Å². The third-order valence-electron chi connectivity index (χ3n) is 12.7. The van der Waals surface area contributed by atoms with E-state index in [1.165, 1.54) is 14.0 Å². The minimum absolute atomic E-state index is 0.143. The van der Waals surface area contributed by atoms with Crippen molar-refractivity contribution in [1.29, 1.82) is 0 Å². The Morgan fingerprint density at radius 1 is 0.893 bits per heavy atom. The SMILES string of the molecule is CCC1OC(=O)C(C)C(OC2CC(C)(OC)C(O)C(C)O2)C(C)C(OC2OC(C)CC(N(C)C)C2O)C(C)(OC)CC(C)C(=NN=C(C)C)C(C)C(O)C1(C)O. The molecule has 3 saturated heterocycles. The van der Waals surface area contributed by atoms with Crippen molar-refractivity contribution >= 4 is 17.4 Å². The molecule has 0 amide bonds. The van der Waals surface area contributed by atoms with Crippen LogP contribution in [0.15, 0.2) is 10.2 Å². The van der Waals surface area contributed by atoms with Gasteiger partial charge in [-0.3, -0.25) is 4.79 Å². The van der Waals surface area contributed by atoms with E-state index in [2.05, 4.69) is 10.2 Å². The largest absolute Gasteiger partial charge is 0.459 e. The summed E-state index contributed by atoms with van der Waals surface area (Å²) in [5, 5.41) is 55.6. The second-order valence-corrected chi connectivity index (χ2v) is 17.8. The van der Waals surface area contributed by atoms with Crippen LogP contribution in [0.4, 0.5) is 0 Å². The first-order chi connectivity index (χ1) is 25.9. The number of esters is 1. The first kappa shape index (κ1) is 48.7. The van der Waals surface area contributed by atoms with Gasteiger partial charge < -0.3 is 58.5 Å². The zero-order valence-electron chi connectivity index (χ0n) is 36.9. The average Bonchev–Trinajstić information content (AvgIpc) is 3.13. The standard InChI is InChI=1S/C41H75N3O12/c1-17-29-41(12,49)34(46)24(6)31(43-42-21(2)3)22(4)19-40(11,51-16)36(56-38-32(45)28(44(13)14)18-23(5)52-38)25(7)33(26(8)37(48)54-29)55-30-20-39(10,50-15)35(47)27(9)53-30/h22-30,32-36,38,45-47,49H,17-20H2,1-16H3. The Balaban J connectivity index is 2.31. The predicted octanol–water partition coefficient (Wildman–Crippen LogP) is 3.71. The Labute approximate surface area is 335 Å². The van der Waals surface area contributed by atoms with E-state index in [-0.39, 0.29) is 31.4 Å². The monoisotopic (exact) mass is 802 g/mol. The number of carbonyl (C=O) groups excluding carboxylic acids is 1. The lowest BCUT2D eigenvalue weighted by atomic mass is 9.73. The highest BCUT2D eigenvalue weighted by molar-refractivity contribution is 5.90. The number of carbonyl (C=O) groups is 1. The van der Waals surface area contributed by atoms with Crippen LogP contribution in [0.1, 0.15) is 109 Å². The molecule has 15 nitrogen and oxygen atoms in total. The van der Waals surface area contributed by atoms with Gasteiger partial charge in [-0.25, -0.2) is 0 Å². The van der Waals surface area contributed by atoms with E-state index < -0.39 is 102 Å². The van der Waals surface area contributed by atoms with Crippen LogP contribution in [0.5, 0.6) is 0 Å². The summed E-state index contributed by atoms with van der Waals surface area (Å²) < 4.78 is 44.6. The first-order valence-electron chi connectivity index (χ1n) is 20.3. The van der Waals surface area contributed by atoms with Crippen molar-refractivity contribution < 1.29 is 58.4 Å². The van der Waals surface area contributed by atoms with Crippen LogP contribution < -0.4 is 0 Å². The summed E-state index contributed by atoms with van der Waals surface area (Å²) in [6.45, 7) is 21.5. The van der Waals surface area contributed by atoms with E-state index in [9.17, 15) is 25.2 Å². The Bertz CT molecular complexity index is 1340. The Hall–Kier alpha value is -1.63. The van der Waals surface area contributed by atoms with E-state index in [1.54, 1.807) is 41.7 Å². The van der Waals surface area contributed by atoms with Gasteiger partial charge >= 0.3 is 5.97 Å². The fourth-order valence-electron chi connectivity index (χ4n) is 8.94. The van der Waals surface area contributed by atoms with Crippen LogP contribution in [-0.2, 0) is 38.0 Å². The summed E-state index contributed by atoms with van der Waals surface area (Å²) >= 11 is 0. The number of aliphatic hydroxyl groups is 4. The molecule has 0 radical (unpaired) electrons. The Morgan fingerprint density at radius 3 is 2.04 bits per heavy atom. The highest BCUT2D eigenvalue weighted by Crippen LogP contribution is 2.42. The Kier molecular flexibility index (Phi) is 17.1. The van der Waals surface area contributed by atoms with E-state index in [0.29, 0.717) is 17.8 Å². The number of ether oxygens (including phenoxy) is 7. The molecular weight excluding hydrogens is 726 g/mol. The van der Waals surface area contributed by atoms with Gasteiger partial charge in [0.25, 0.3) is 0 Å². The molecular formula is C41H75N3O12. The lowest BCUT2D eigenvalue weighted by Gasteiger charge is -2.50. The molecule has 18 atom stereocenters. The zero-order valence-corrected chi connectivity index (χ0v) is 36.9. The highest BCUT2D eigenvalue weighted by Gasteiger charge is 2.54. The summed E-state index contributed by atoms with van der Waals surface area (Å²) in [4.78, 5) is 16.3.